The van der Waals surface area contributed by atoms with Gasteiger partial charge in [0.2, 0.25) is 0 Å². The van der Waals surface area contributed by atoms with Crippen LogP contribution in [-0.4, -0.2) is 25.2 Å². The lowest BCUT2D eigenvalue weighted by Crippen LogP contribution is -2.16. The summed E-state index contributed by atoms with van der Waals surface area (Å²) in [4.78, 5) is 23.6. The summed E-state index contributed by atoms with van der Waals surface area (Å²) >= 11 is 0. The Balaban J connectivity index is 3.62. The van der Waals surface area contributed by atoms with Crippen LogP contribution in [0.2, 0.25) is 0 Å². The molecule has 0 spiro atoms. The highest BCUT2D eigenvalue weighted by molar-refractivity contribution is 5.77. The molecule has 0 heterocycles. The van der Waals surface area contributed by atoms with E-state index in [1.807, 2.05) is 0 Å². The molecule has 0 fully saturated rings. The number of carbonyl (C=O) groups is 2. The van der Waals surface area contributed by atoms with Crippen LogP contribution in [0, 0.1) is 11.8 Å². The summed E-state index contributed by atoms with van der Waals surface area (Å²) in [6.07, 6.45) is 15.0. The lowest BCUT2D eigenvalue weighted by atomic mass is 10.0. The third-order valence-corrected chi connectivity index (χ3v) is 5.19. The standard InChI is InChI=1S/C24H46O4/c1-5-7-9-11-13-15-21(3)19-27-23(25)17-18-24(26)28-20-22(4)16-14-12-10-8-6-2/h21-22H,5-20H2,1-4H3. The Kier molecular flexibility index (Phi) is 18.5. The minimum absolute atomic E-state index is 0.119. The van der Waals surface area contributed by atoms with Gasteiger partial charge in [-0.05, 0) is 24.7 Å². The summed E-state index contributed by atoms with van der Waals surface area (Å²) in [5.74, 6) is 0.184. The maximum absolute atomic E-state index is 11.8. The smallest absolute Gasteiger partial charge is 0.306 e. The number of esters is 2. The van der Waals surface area contributed by atoms with Gasteiger partial charge in [-0.25, -0.2) is 0 Å². The number of hydrogen-bond donors (Lipinski definition) is 0. The second-order valence-electron chi connectivity index (χ2n) is 8.48. The van der Waals surface area contributed by atoms with Crippen molar-refractivity contribution in [2.24, 2.45) is 11.8 Å². The van der Waals surface area contributed by atoms with Crippen molar-refractivity contribution in [1.29, 1.82) is 0 Å². The van der Waals surface area contributed by atoms with E-state index in [2.05, 4.69) is 27.7 Å². The van der Waals surface area contributed by atoms with Gasteiger partial charge >= 0.3 is 11.9 Å². The molecule has 0 amide bonds. The number of rotatable bonds is 19. The molecular formula is C24H46O4. The van der Waals surface area contributed by atoms with Gasteiger partial charge in [0.25, 0.3) is 0 Å². The molecule has 2 unspecified atom stereocenters. The Morgan fingerprint density at radius 3 is 1.32 bits per heavy atom. The Morgan fingerprint density at radius 2 is 0.964 bits per heavy atom. The van der Waals surface area contributed by atoms with Gasteiger partial charge in [-0.3, -0.25) is 9.59 Å². The predicted molar refractivity (Wildman–Crippen MR) is 116 cm³/mol. The zero-order valence-electron chi connectivity index (χ0n) is 19.1. The first-order valence-electron chi connectivity index (χ1n) is 11.8. The van der Waals surface area contributed by atoms with E-state index in [-0.39, 0.29) is 24.8 Å². The van der Waals surface area contributed by atoms with Gasteiger partial charge in [-0.15, -0.1) is 0 Å². The molecule has 0 bridgehead atoms. The van der Waals surface area contributed by atoms with E-state index in [0.717, 1.165) is 12.8 Å². The molecule has 0 radical (unpaired) electrons. The quantitative estimate of drug-likeness (QED) is 0.176. The number of carbonyl (C=O) groups excluding carboxylic acids is 2. The second kappa shape index (κ2) is 19.3. The maximum Gasteiger partial charge on any atom is 0.306 e. The Hall–Kier alpha value is -1.06. The summed E-state index contributed by atoms with van der Waals surface area (Å²) in [5.41, 5.74) is 0. The zero-order chi connectivity index (χ0) is 21.0. The summed E-state index contributed by atoms with van der Waals surface area (Å²) < 4.78 is 10.6. The van der Waals surface area contributed by atoms with Crippen molar-refractivity contribution in [2.75, 3.05) is 13.2 Å². The highest BCUT2D eigenvalue weighted by Crippen LogP contribution is 2.13. The average molecular weight is 399 g/mol. The highest BCUT2D eigenvalue weighted by atomic mass is 16.5. The number of hydrogen-bond acceptors (Lipinski definition) is 4. The monoisotopic (exact) mass is 398 g/mol. The third kappa shape index (κ3) is 18.3. The number of unbranched alkanes of at least 4 members (excludes halogenated alkanes) is 8. The highest BCUT2D eigenvalue weighted by Gasteiger charge is 2.12. The molecule has 2 atom stereocenters. The SMILES string of the molecule is CCCCCCCC(C)COC(=O)CCC(=O)OCC(C)CCCCCCC. The zero-order valence-corrected chi connectivity index (χ0v) is 19.1. The van der Waals surface area contributed by atoms with E-state index in [0.29, 0.717) is 25.0 Å². The first-order valence-corrected chi connectivity index (χ1v) is 11.8. The normalized spacial score (nSPS) is 13.1. The molecule has 0 rings (SSSR count). The van der Waals surface area contributed by atoms with Gasteiger partial charge in [-0.2, -0.15) is 0 Å². The van der Waals surface area contributed by atoms with Gasteiger partial charge in [0.15, 0.2) is 0 Å². The Morgan fingerprint density at radius 1 is 0.607 bits per heavy atom. The van der Waals surface area contributed by atoms with Crippen LogP contribution in [0.25, 0.3) is 0 Å². The van der Waals surface area contributed by atoms with Gasteiger partial charge in [0, 0.05) is 0 Å². The Labute approximate surface area is 174 Å². The number of ether oxygens (including phenoxy) is 2. The molecule has 0 aromatic carbocycles. The van der Waals surface area contributed by atoms with Crippen LogP contribution in [0.15, 0.2) is 0 Å². The second-order valence-corrected chi connectivity index (χ2v) is 8.48. The molecule has 0 aliphatic carbocycles. The van der Waals surface area contributed by atoms with E-state index in [9.17, 15) is 9.59 Å². The van der Waals surface area contributed by atoms with Crippen LogP contribution in [0.1, 0.15) is 118 Å². The van der Waals surface area contributed by atoms with Crippen LogP contribution in [0.4, 0.5) is 0 Å². The summed E-state index contributed by atoms with van der Waals surface area (Å²) in [6, 6.07) is 0. The summed E-state index contributed by atoms with van der Waals surface area (Å²) in [6.45, 7) is 9.57. The van der Waals surface area contributed by atoms with Gasteiger partial charge in [-0.1, -0.05) is 91.9 Å². The van der Waals surface area contributed by atoms with Crippen molar-refractivity contribution >= 4 is 11.9 Å². The average Bonchev–Trinajstić information content (AvgIpc) is 2.68. The van der Waals surface area contributed by atoms with E-state index >= 15 is 0 Å². The summed E-state index contributed by atoms with van der Waals surface area (Å²) in [7, 11) is 0. The van der Waals surface area contributed by atoms with Crippen LogP contribution in [0.3, 0.4) is 0 Å². The molecule has 166 valence electrons. The summed E-state index contributed by atoms with van der Waals surface area (Å²) in [5, 5.41) is 0. The fourth-order valence-electron chi connectivity index (χ4n) is 3.18. The largest absolute Gasteiger partial charge is 0.465 e. The lowest BCUT2D eigenvalue weighted by Gasteiger charge is -2.13. The van der Waals surface area contributed by atoms with E-state index in [1.54, 1.807) is 0 Å². The molecule has 0 aromatic heterocycles. The first-order chi connectivity index (χ1) is 13.5. The fraction of sp³-hybridized carbons (Fsp3) is 0.917. The van der Waals surface area contributed by atoms with Crippen LogP contribution in [-0.2, 0) is 19.1 Å². The van der Waals surface area contributed by atoms with Crippen molar-refractivity contribution < 1.29 is 19.1 Å². The minimum Gasteiger partial charge on any atom is -0.465 e. The predicted octanol–water partition coefficient (Wildman–Crippen LogP) is 6.85. The molecule has 0 aliphatic heterocycles. The van der Waals surface area contributed by atoms with Crippen molar-refractivity contribution in [3.8, 4) is 0 Å². The molecular weight excluding hydrogens is 352 g/mol. The van der Waals surface area contributed by atoms with E-state index < -0.39 is 0 Å². The van der Waals surface area contributed by atoms with Crippen LogP contribution < -0.4 is 0 Å². The van der Waals surface area contributed by atoms with E-state index in [4.69, 9.17) is 9.47 Å². The van der Waals surface area contributed by atoms with Gasteiger partial charge in [0.1, 0.15) is 0 Å². The molecule has 0 saturated heterocycles. The van der Waals surface area contributed by atoms with Crippen molar-refractivity contribution in [2.45, 2.75) is 118 Å². The van der Waals surface area contributed by atoms with Gasteiger partial charge < -0.3 is 9.47 Å². The van der Waals surface area contributed by atoms with Crippen molar-refractivity contribution in [3.05, 3.63) is 0 Å². The molecule has 0 N–H and O–H groups in total. The van der Waals surface area contributed by atoms with Crippen LogP contribution in [0.5, 0.6) is 0 Å². The lowest BCUT2D eigenvalue weighted by molar-refractivity contribution is -0.151. The fourth-order valence-corrected chi connectivity index (χ4v) is 3.18. The van der Waals surface area contributed by atoms with Crippen molar-refractivity contribution in [1.82, 2.24) is 0 Å². The molecule has 4 nitrogen and oxygen atoms in total. The topological polar surface area (TPSA) is 52.6 Å². The van der Waals surface area contributed by atoms with Gasteiger partial charge in [0.05, 0.1) is 26.1 Å². The maximum atomic E-state index is 11.8. The Bertz CT molecular complexity index is 345. The molecule has 0 aliphatic rings. The minimum atomic E-state index is -0.293. The van der Waals surface area contributed by atoms with Crippen molar-refractivity contribution in [3.63, 3.8) is 0 Å². The van der Waals surface area contributed by atoms with Crippen LogP contribution >= 0.6 is 0 Å². The van der Waals surface area contributed by atoms with E-state index in [1.165, 1.54) is 64.2 Å². The molecule has 0 saturated carbocycles. The third-order valence-electron chi connectivity index (χ3n) is 5.19. The molecule has 0 aromatic rings. The first kappa shape index (κ1) is 26.9. The molecule has 4 heteroatoms. The molecule has 28 heavy (non-hydrogen) atoms.